The summed E-state index contributed by atoms with van der Waals surface area (Å²) in [6.45, 7) is 1.81. The van der Waals surface area contributed by atoms with Gasteiger partial charge in [0.25, 0.3) is 5.56 Å². The molecule has 0 aliphatic rings. The van der Waals surface area contributed by atoms with E-state index in [2.05, 4.69) is 10.6 Å². The van der Waals surface area contributed by atoms with Crippen molar-refractivity contribution in [3.05, 3.63) is 82.0 Å². The molecular formula is C23H20FN3Na2O5. The molecule has 3 rings (SSSR count). The summed E-state index contributed by atoms with van der Waals surface area (Å²) >= 11 is 0. The van der Waals surface area contributed by atoms with Gasteiger partial charge < -0.3 is 30.2 Å². The molecule has 8 nitrogen and oxygen atoms in total. The Morgan fingerprint density at radius 3 is 2.41 bits per heavy atom. The summed E-state index contributed by atoms with van der Waals surface area (Å²) in [6, 6.07) is 10.1. The van der Waals surface area contributed by atoms with E-state index in [0.717, 1.165) is 16.2 Å². The number of anilines is 1. The van der Waals surface area contributed by atoms with Crippen molar-refractivity contribution in [3.8, 4) is 16.9 Å². The smallest absolute Gasteiger partial charge is 0.871 e. The molecule has 2 N–H and O–H groups in total. The molecule has 0 fully saturated rings. The van der Waals surface area contributed by atoms with E-state index in [1.165, 1.54) is 31.4 Å². The molecule has 1 aromatic heterocycles. The Morgan fingerprint density at radius 2 is 1.76 bits per heavy atom. The van der Waals surface area contributed by atoms with Gasteiger partial charge in [-0.15, -0.1) is 0 Å². The molecule has 0 unspecified atom stereocenters. The minimum atomic E-state index is -1.45. The molecule has 0 aliphatic carbocycles. The number of carboxylic acid groups (broad SMARTS) is 1. The van der Waals surface area contributed by atoms with Gasteiger partial charge in [-0.3, -0.25) is 4.79 Å². The molecule has 0 saturated carbocycles. The molecule has 2 amide bonds. The van der Waals surface area contributed by atoms with Gasteiger partial charge in [0.15, 0.2) is 0 Å². The van der Waals surface area contributed by atoms with Crippen LogP contribution in [0.15, 0.2) is 59.5 Å². The summed E-state index contributed by atoms with van der Waals surface area (Å²) in [5.74, 6) is -2.65. The second-order valence-corrected chi connectivity index (χ2v) is 7.25. The maximum Gasteiger partial charge on any atom is 1.00 e. The number of carbonyl (C=O) groups is 2. The normalized spacial score (nSPS) is 10.9. The summed E-state index contributed by atoms with van der Waals surface area (Å²) in [7, 11) is 1.41. The van der Waals surface area contributed by atoms with Gasteiger partial charge in [-0.1, -0.05) is 42.1 Å². The van der Waals surface area contributed by atoms with Crippen molar-refractivity contribution >= 4 is 17.7 Å². The number of nitrogens with one attached hydrogen (secondary N) is 2. The fraction of sp³-hybridized carbons (Fsp3) is 0.174. The van der Waals surface area contributed by atoms with Crippen LogP contribution in [0.1, 0.15) is 23.6 Å². The number of hydrogen-bond acceptors (Lipinski definition) is 5. The number of aliphatic carboxylic acids is 1. The molecule has 1 heterocycles. The number of hydrogen-bond donors (Lipinski definition) is 2. The van der Waals surface area contributed by atoms with Crippen molar-refractivity contribution < 1.29 is 83.3 Å². The molecule has 0 spiro atoms. The Bertz CT molecular complexity index is 1250. The van der Waals surface area contributed by atoms with Crippen LogP contribution in [0.2, 0.25) is 0 Å². The third kappa shape index (κ3) is 7.18. The third-order valence-electron chi connectivity index (χ3n) is 4.97. The number of aryl methyl sites for hydroxylation is 2. The van der Waals surface area contributed by atoms with Gasteiger partial charge in [0.2, 0.25) is 0 Å². The SMILES string of the molecule is Cc1ccccc1-c1cc([C@H](CC(=O)[O-])NC(=O)Nc2c([O-])ccn(C)c2=O)ccc1F.[Na+].[Na+]. The molecule has 0 bridgehead atoms. The van der Waals surface area contributed by atoms with Crippen LogP contribution >= 0.6 is 0 Å². The second-order valence-electron chi connectivity index (χ2n) is 7.25. The Morgan fingerprint density at radius 1 is 1.09 bits per heavy atom. The number of nitrogens with zero attached hydrogens (tertiary/aromatic N) is 1. The van der Waals surface area contributed by atoms with Crippen LogP contribution in [0.25, 0.3) is 11.1 Å². The van der Waals surface area contributed by atoms with Crippen molar-refractivity contribution in [2.75, 3.05) is 5.32 Å². The van der Waals surface area contributed by atoms with Crippen molar-refractivity contribution in [2.45, 2.75) is 19.4 Å². The first-order valence-electron chi connectivity index (χ1n) is 9.67. The number of benzene rings is 2. The minimum absolute atomic E-state index is 0. The summed E-state index contributed by atoms with van der Waals surface area (Å²) in [6.07, 6.45) is 0.654. The molecule has 34 heavy (non-hydrogen) atoms. The number of halogens is 1. The number of pyridine rings is 1. The van der Waals surface area contributed by atoms with Crippen LogP contribution in [0.5, 0.6) is 5.75 Å². The van der Waals surface area contributed by atoms with Gasteiger partial charge in [0.1, 0.15) is 11.5 Å². The Labute approximate surface area is 239 Å². The average Bonchev–Trinajstić information content (AvgIpc) is 2.74. The Balaban J connectivity index is 0.00000289. The average molecular weight is 483 g/mol. The molecule has 0 radical (unpaired) electrons. The van der Waals surface area contributed by atoms with Gasteiger partial charge in [0, 0.05) is 31.2 Å². The van der Waals surface area contributed by atoms with Crippen molar-refractivity contribution in [2.24, 2.45) is 7.05 Å². The summed E-state index contributed by atoms with van der Waals surface area (Å²) in [4.78, 5) is 35.9. The van der Waals surface area contributed by atoms with Gasteiger partial charge in [-0.2, -0.15) is 0 Å². The van der Waals surface area contributed by atoms with E-state index < -0.39 is 47.3 Å². The zero-order valence-electron chi connectivity index (χ0n) is 19.3. The van der Waals surface area contributed by atoms with Crippen molar-refractivity contribution in [1.82, 2.24) is 9.88 Å². The van der Waals surface area contributed by atoms with Crippen LogP contribution in [0.3, 0.4) is 0 Å². The van der Waals surface area contributed by atoms with Gasteiger partial charge >= 0.3 is 65.1 Å². The second kappa shape index (κ2) is 13.1. The fourth-order valence-corrected chi connectivity index (χ4v) is 3.30. The van der Waals surface area contributed by atoms with Gasteiger partial charge in [0.05, 0.1) is 6.04 Å². The maximum absolute atomic E-state index is 14.5. The van der Waals surface area contributed by atoms with Crippen LogP contribution < -0.4 is 85.5 Å². The van der Waals surface area contributed by atoms with E-state index in [0.29, 0.717) is 11.1 Å². The predicted octanol–water partition coefficient (Wildman–Crippen LogP) is -4.42. The minimum Gasteiger partial charge on any atom is -0.871 e. The third-order valence-corrected chi connectivity index (χ3v) is 4.97. The van der Waals surface area contributed by atoms with Crippen molar-refractivity contribution in [1.29, 1.82) is 0 Å². The standard InChI is InChI=1S/C23H22FN3O5.2Na/c1-13-5-3-4-6-15(13)16-11-14(7-8-17(16)24)18(12-20(29)30)25-23(32)26-21-19(28)9-10-27(2)22(21)31;;/h3-11,18,28H,12H2,1-2H3,(H,29,30)(H2,25,26,32);;/q;2*+1/p-2/t18-;;/m0../s1. The van der Waals surface area contributed by atoms with Crippen LogP contribution in [-0.2, 0) is 11.8 Å². The Kier molecular flexibility index (Phi) is 11.5. The summed E-state index contributed by atoms with van der Waals surface area (Å²) < 4.78 is 15.7. The number of urea groups is 1. The van der Waals surface area contributed by atoms with Gasteiger partial charge in [-0.05, 0) is 35.7 Å². The number of amides is 2. The first-order valence-corrected chi connectivity index (χ1v) is 9.67. The molecule has 0 saturated heterocycles. The molecule has 166 valence electrons. The van der Waals surface area contributed by atoms with E-state index >= 15 is 0 Å². The monoisotopic (exact) mass is 483 g/mol. The number of carbonyl (C=O) groups excluding carboxylic acids is 2. The van der Waals surface area contributed by atoms with E-state index in [-0.39, 0.29) is 64.7 Å². The van der Waals surface area contributed by atoms with Gasteiger partial charge in [-0.25, -0.2) is 9.18 Å². The predicted molar refractivity (Wildman–Crippen MR) is 112 cm³/mol. The van der Waals surface area contributed by atoms with E-state index in [1.807, 2.05) is 19.1 Å². The topological polar surface area (TPSA) is 126 Å². The number of carboxylic acids is 1. The zero-order valence-corrected chi connectivity index (χ0v) is 23.3. The van der Waals surface area contributed by atoms with E-state index in [9.17, 15) is 29.0 Å². The van der Waals surface area contributed by atoms with E-state index in [1.54, 1.807) is 12.1 Å². The molecule has 3 aromatic rings. The molecule has 0 aliphatic heterocycles. The Hall–Kier alpha value is -2.14. The van der Waals surface area contributed by atoms with Crippen LogP contribution in [0.4, 0.5) is 14.9 Å². The summed E-state index contributed by atoms with van der Waals surface area (Å²) in [5.41, 5.74) is 0.797. The first-order chi connectivity index (χ1) is 15.2. The maximum atomic E-state index is 14.5. The zero-order chi connectivity index (χ0) is 23.4. The number of rotatable bonds is 6. The van der Waals surface area contributed by atoms with Crippen LogP contribution in [0, 0.1) is 12.7 Å². The molecular weight excluding hydrogens is 463 g/mol. The molecule has 2 aromatic carbocycles. The van der Waals surface area contributed by atoms with Crippen molar-refractivity contribution in [3.63, 3.8) is 0 Å². The van der Waals surface area contributed by atoms with E-state index in [4.69, 9.17) is 0 Å². The first kappa shape index (κ1) is 29.9. The van der Waals surface area contributed by atoms with Crippen LogP contribution in [-0.4, -0.2) is 16.6 Å². The summed E-state index contributed by atoms with van der Waals surface area (Å²) in [5, 5.41) is 27.8. The molecule has 11 heteroatoms. The molecule has 1 atom stereocenters. The number of aromatic nitrogens is 1. The largest absolute Gasteiger partial charge is 1.00 e. The quantitative estimate of drug-likeness (QED) is 0.343. The fourth-order valence-electron chi connectivity index (χ4n) is 3.30.